The molecule has 2 aliphatic rings. The standard InChI is InChI=1S/C12H19NO/c1-10-6-5-7-11(12(10)14)13-8-3-2-4-9-13/h7,10H,2-6,8-9H2,1H3. The first-order valence-electron chi connectivity index (χ1n) is 5.78. The summed E-state index contributed by atoms with van der Waals surface area (Å²) >= 11 is 0. The van der Waals surface area contributed by atoms with E-state index in [1.807, 2.05) is 0 Å². The van der Waals surface area contributed by atoms with Gasteiger partial charge in [-0.2, -0.15) is 0 Å². The Morgan fingerprint density at radius 2 is 2.00 bits per heavy atom. The summed E-state index contributed by atoms with van der Waals surface area (Å²) in [5, 5.41) is 0. The summed E-state index contributed by atoms with van der Waals surface area (Å²) in [4.78, 5) is 14.2. The van der Waals surface area contributed by atoms with Gasteiger partial charge in [-0.3, -0.25) is 4.79 Å². The van der Waals surface area contributed by atoms with Crippen LogP contribution in [0.15, 0.2) is 11.8 Å². The molecule has 0 aromatic carbocycles. The van der Waals surface area contributed by atoms with Gasteiger partial charge in [0.25, 0.3) is 0 Å². The van der Waals surface area contributed by atoms with Crippen LogP contribution in [0, 0.1) is 5.92 Å². The summed E-state index contributed by atoms with van der Waals surface area (Å²) < 4.78 is 0. The van der Waals surface area contributed by atoms with Gasteiger partial charge in [0.2, 0.25) is 0 Å². The molecule has 2 rings (SSSR count). The monoisotopic (exact) mass is 193 g/mol. The maximum atomic E-state index is 11.9. The lowest BCUT2D eigenvalue weighted by atomic mass is 9.91. The van der Waals surface area contributed by atoms with E-state index in [4.69, 9.17) is 0 Å². The van der Waals surface area contributed by atoms with E-state index in [1.165, 1.54) is 19.3 Å². The molecule has 0 radical (unpaired) electrons. The average Bonchev–Trinajstić information content (AvgIpc) is 2.23. The van der Waals surface area contributed by atoms with Crippen molar-refractivity contribution in [2.45, 2.75) is 39.0 Å². The summed E-state index contributed by atoms with van der Waals surface area (Å²) in [5.41, 5.74) is 1.02. The molecule has 14 heavy (non-hydrogen) atoms. The van der Waals surface area contributed by atoms with Gasteiger partial charge in [0.05, 0.1) is 5.70 Å². The molecule has 1 aliphatic heterocycles. The lowest BCUT2D eigenvalue weighted by Crippen LogP contribution is -2.35. The molecule has 78 valence electrons. The minimum Gasteiger partial charge on any atom is -0.369 e. The highest BCUT2D eigenvalue weighted by Crippen LogP contribution is 2.24. The fourth-order valence-corrected chi connectivity index (χ4v) is 2.37. The van der Waals surface area contributed by atoms with E-state index in [1.54, 1.807) is 0 Å². The molecule has 0 N–H and O–H groups in total. The van der Waals surface area contributed by atoms with E-state index in [2.05, 4.69) is 17.9 Å². The van der Waals surface area contributed by atoms with Crippen LogP contribution in [0.5, 0.6) is 0 Å². The number of hydrogen-bond acceptors (Lipinski definition) is 2. The van der Waals surface area contributed by atoms with E-state index in [9.17, 15) is 4.79 Å². The van der Waals surface area contributed by atoms with E-state index in [0.717, 1.165) is 31.6 Å². The smallest absolute Gasteiger partial charge is 0.181 e. The number of carbonyl (C=O) groups is 1. The Bertz CT molecular complexity index is 251. The summed E-state index contributed by atoms with van der Waals surface area (Å²) in [5.74, 6) is 0.620. The Morgan fingerprint density at radius 1 is 1.29 bits per heavy atom. The molecule has 1 heterocycles. The average molecular weight is 193 g/mol. The van der Waals surface area contributed by atoms with Gasteiger partial charge >= 0.3 is 0 Å². The van der Waals surface area contributed by atoms with Crippen LogP contribution in [-0.2, 0) is 4.79 Å². The molecular weight excluding hydrogens is 174 g/mol. The van der Waals surface area contributed by atoms with Crippen molar-refractivity contribution in [1.29, 1.82) is 0 Å². The quantitative estimate of drug-likeness (QED) is 0.637. The summed E-state index contributed by atoms with van der Waals surface area (Å²) in [6.45, 7) is 4.23. The lowest BCUT2D eigenvalue weighted by molar-refractivity contribution is -0.121. The largest absolute Gasteiger partial charge is 0.369 e. The number of hydrogen-bond donors (Lipinski definition) is 0. The Balaban J connectivity index is 2.08. The number of allylic oxidation sites excluding steroid dienone is 2. The second kappa shape index (κ2) is 4.16. The van der Waals surface area contributed by atoms with Crippen LogP contribution in [-0.4, -0.2) is 23.8 Å². The van der Waals surface area contributed by atoms with E-state index in [0.29, 0.717) is 5.78 Å². The third-order valence-electron chi connectivity index (χ3n) is 3.33. The zero-order chi connectivity index (χ0) is 9.97. The molecule has 2 nitrogen and oxygen atoms in total. The van der Waals surface area contributed by atoms with Crippen LogP contribution in [0.1, 0.15) is 39.0 Å². The maximum Gasteiger partial charge on any atom is 0.181 e. The van der Waals surface area contributed by atoms with Crippen LogP contribution >= 0.6 is 0 Å². The highest BCUT2D eigenvalue weighted by molar-refractivity contribution is 5.97. The number of likely N-dealkylation sites (tertiary alicyclic amines) is 1. The van der Waals surface area contributed by atoms with Crippen LogP contribution in [0.4, 0.5) is 0 Å². The molecule has 1 saturated heterocycles. The Morgan fingerprint density at radius 3 is 2.71 bits per heavy atom. The lowest BCUT2D eigenvalue weighted by Gasteiger charge is -2.33. The molecule has 1 unspecified atom stereocenters. The first-order chi connectivity index (χ1) is 6.79. The number of carbonyl (C=O) groups excluding carboxylic acids is 1. The molecular formula is C12H19NO. The SMILES string of the molecule is CC1CCC=C(N2CCCCC2)C1=O. The first-order valence-corrected chi connectivity index (χ1v) is 5.78. The van der Waals surface area contributed by atoms with Gasteiger partial charge in [0.15, 0.2) is 5.78 Å². The molecule has 2 heteroatoms. The fourth-order valence-electron chi connectivity index (χ4n) is 2.37. The zero-order valence-electron chi connectivity index (χ0n) is 8.96. The van der Waals surface area contributed by atoms with Gasteiger partial charge in [0.1, 0.15) is 0 Å². The van der Waals surface area contributed by atoms with Crippen LogP contribution < -0.4 is 0 Å². The van der Waals surface area contributed by atoms with Crippen molar-refractivity contribution < 1.29 is 4.79 Å². The molecule has 1 fully saturated rings. The predicted molar refractivity (Wildman–Crippen MR) is 56.9 cm³/mol. The van der Waals surface area contributed by atoms with E-state index >= 15 is 0 Å². The van der Waals surface area contributed by atoms with Gasteiger partial charge in [-0.1, -0.05) is 13.0 Å². The third kappa shape index (κ3) is 1.84. The molecule has 0 spiro atoms. The van der Waals surface area contributed by atoms with Crippen molar-refractivity contribution in [3.8, 4) is 0 Å². The highest BCUT2D eigenvalue weighted by Gasteiger charge is 2.26. The van der Waals surface area contributed by atoms with Gasteiger partial charge in [-0.05, 0) is 32.1 Å². The van der Waals surface area contributed by atoms with Crippen molar-refractivity contribution in [1.82, 2.24) is 4.90 Å². The molecule has 1 aliphatic carbocycles. The number of Topliss-reactive ketones (excluding diaryl/α,β-unsaturated/α-hetero) is 1. The molecule has 0 aromatic rings. The molecule has 0 bridgehead atoms. The normalized spacial score (nSPS) is 28.9. The first kappa shape index (κ1) is 9.75. The van der Waals surface area contributed by atoms with Gasteiger partial charge < -0.3 is 4.90 Å². The second-order valence-electron chi connectivity index (χ2n) is 4.48. The molecule has 0 amide bonds. The van der Waals surface area contributed by atoms with Crippen LogP contribution in [0.3, 0.4) is 0 Å². The van der Waals surface area contributed by atoms with E-state index < -0.39 is 0 Å². The fraction of sp³-hybridized carbons (Fsp3) is 0.750. The van der Waals surface area contributed by atoms with Crippen LogP contribution in [0.2, 0.25) is 0 Å². The number of piperidine rings is 1. The van der Waals surface area contributed by atoms with Crippen molar-refractivity contribution >= 4 is 5.78 Å². The van der Waals surface area contributed by atoms with Crippen molar-refractivity contribution in [2.24, 2.45) is 5.92 Å². The number of rotatable bonds is 1. The molecule has 0 saturated carbocycles. The van der Waals surface area contributed by atoms with Gasteiger partial charge in [0, 0.05) is 19.0 Å². The highest BCUT2D eigenvalue weighted by atomic mass is 16.1. The molecule has 1 atom stereocenters. The van der Waals surface area contributed by atoms with Crippen LogP contribution in [0.25, 0.3) is 0 Å². The summed E-state index contributed by atoms with van der Waals surface area (Å²) in [7, 11) is 0. The van der Waals surface area contributed by atoms with E-state index in [-0.39, 0.29) is 5.92 Å². The Hall–Kier alpha value is -0.790. The van der Waals surface area contributed by atoms with Crippen molar-refractivity contribution in [3.05, 3.63) is 11.8 Å². The second-order valence-corrected chi connectivity index (χ2v) is 4.48. The van der Waals surface area contributed by atoms with Gasteiger partial charge in [-0.15, -0.1) is 0 Å². The van der Waals surface area contributed by atoms with Crippen molar-refractivity contribution in [3.63, 3.8) is 0 Å². The number of ketones is 1. The zero-order valence-corrected chi connectivity index (χ0v) is 8.96. The summed E-state index contributed by atoms with van der Waals surface area (Å²) in [6, 6.07) is 0. The predicted octanol–water partition coefficient (Wildman–Crippen LogP) is 2.36. The van der Waals surface area contributed by atoms with Crippen molar-refractivity contribution in [2.75, 3.05) is 13.1 Å². The summed E-state index contributed by atoms with van der Waals surface area (Å²) in [6.07, 6.45) is 8.09. The maximum absolute atomic E-state index is 11.9. The topological polar surface area (TPSA) is 20.3 Å². The number of nitrogens with zero attached hydrogens (tertiary/aromatic N) is 1. The third-order valence-corrected chi connectivity index (χ3v) is 3.33. The molecule has 0 aromatic heterocycles. The Kier molecular flexibility index (Phi) is 2.90. The minimum atomic E-state index is 0.247. The van der Waals surface area contributed by atoms with Gasteiger partial charge in [-0.25, -0.2) is 0 Å². The minimum absolute atomic E-state index is 0.247. The Labute approximate surface area is 86.0 Å².